The Morgan fingerprint density at radius 3 is 2.79 bits per heavy atom. The maximum absolute atomic E-state index is 4.71. The van der Waals surface area contributed by atoms with Gasteiger partial charge >= 0.3 is 0 Å². The summed E-state index contributed by atoms with van der Waals surface area (Å²) in [7, 11) is 1.93. The standard InChI is InChI=1S/C18H20N6/c1-23-10-14(8-22-23)17-4-13(7-20-17)12-2-3-18(21-6-12)24-11-15-5-16(24)9-19-15/h2-4,6-8,10,15-16,19-20H,5,9,11H2,1H3. The molecule has 0 radical (unpaired) electrons. The van der Waals surface area contributed by atoms with Crippen molar-refractivity contribution in [3.63, 3.8) is 0 Å². The maximum atomic E-state index is 4.71. The summed E-state index contributed by atoms with van der Waals surface area (Å²) in [6.07, 6.45) is 9.13. The largest absolute Gasteiger partial charge is 0.360 e. The highest BCUT2D eigenvalue weighted by Gasteiger charge is 2.38. The van der Waals surface area contributed by atoms with Gasteiger partial charge in [-0.3, -0.25) is 4.68 Å². The number of aryl methyl sites for hydroxylation is 1. The lowest BCUT2D eigenvalue weighted by Gasteiger charge is -2.28. The summed E-state index contributed by atoms with van der Waals surface area (Å²) in [5.74, 6) is 1.09. The summed E-state index contributed by atoms with van der Waals surface area (Å²) < 4.78 is 1.81. The Kier molecular flexibility index (Phi) is 2.99. The molecule has 2 aliphatic rings. The topological polar surface area (TPSA) is 61.8 Å². The zero-order chi connectivity index (χ0) is 16.1. The van der Waals surface area contributed by atoms with Crippen molar-refractivity contribution in [3.05, 3.63) is 43.0 Å². The van der Waals surface area contributed by atoms with Gasteiger partial charge in [0.2, 0.25) is 0 Å². The van der Waals surface area contributed by atoms with E-state index in [1.54, 1.807) is 0 Å². The number of rotatable bonds is 3. The third-order valence-corrected chi connectivity index (χ3v) is 5.13. The van der Waals surface area contributed by atoms with Crippen molar-refractivity contribution in [1.82, 2.24) is 25.1 Å². The first-order valence-electron chi connectivity index (χ1n) is 8.40. The second-order valence-corrected chi connectivity index (χ2v) is 6.76. The first-order chi connectivity index (χ1) is 11.8. The van der Waals surface area contributed by atoms with E-state index in [2.05, 4.69) is 38.5 Å². The molecule has 2 fully saturated rings. The molecule has 3 aromatic rings. The predicted octanol–water partition coefficient (Wildman–Crippen LogP) is 2.03. The fraction of sp³-hybridized carbons (Fsp3) is 0.333. The van der Waals surface area contributed by atoms with Crippen molar-refractivity contribution >= 4 is 5.82 Å². The van der Waals surface area contributed by atoms with Crippen LogP contribution in [0.1, 0.15) is 6.42 Å². The van der Waals surface area contributed by atoms with Crippen LogP contribution in [0.15, 0.2) is 43.0 Å². The van der Waals surface area contributed by atoms with Gasteiger partial charge in [-0.25, -0.2) is 4.98 Å². The molecule has 6 nitrogen and oxygen atoms in total. The Morgan fingerprint density at radius 2 is 2.12 bits per heavy atom. The highest BCUT2D eigenvalue weighted by atomic mass is 15.3. The number of piperazine rings is 1. The summed E-state index contributed by atoms with van der Waals surface area (Å²) in [6.45, 7) is 2.16. The third kappa shape index (κ3) is 2.22. The summed E-state index contributed by atoms with van der Waals surface area (Å²) in [6, 6.07) is 7.71. The Hall–Kier alpha value is -2.60. The van der Waals surface area contributed by atoms with Crippen LogP contribution in [-0.4, -0.2) is 44.9 Å². The van der Waals surface area contributed by atoms with Crippen LogP contribution < -0.4 is 10.2 Å². The molecule has 2 atom stereocenters. The van der Waals surface area contributed by atoms with Gasteiger partial charge in [0, 0.05) is 73.2 Å². The average Bonchev–Trinajstić information content (AvgIpc) is 3.38. The molecule has 0 saturated carbocycles. The molecule has 5 rings (SSSR count). The highest BCUT2D eigenvalue weighted by molar-refractivity contribution is 5.71. The van der Waals surface area contributed by atoms with Gasteiger partial charge in [-0.15, -0.1) is 0 Å². The van der Waals surface area contributed by atoms with E-state index in [0.717, 1.165) is 41.3 Å². The van der Waals surface area contributed by atoms with E-state index >= 15 is 0 Å². The van der Waals surface area contributed by atoms with Gasteiger partial charge in [-0.2, -0.15) is 5.10 Å². The lowest BCUT2D eigenvalue weighted by molar-refractivity contribution is 0.576. The van der Waals surface area contributed by atoms with Gasteiger partial charge in [0.1, 0.15) is 5.82 Å². The number of hydrogen-bond donors (Lipinski definition) is 2. The Morgan fingerprint density at radius 1 is 1.17 bits per heavy atom. The number of anilines is 1. The second kappa shape index (κ2) is 5.21. The Balaban J connectivity index is 1.39. The molecule has 24 heavy (non-hydrogen) atoms. The van der Waals surface area contributed by atoms with Crippen molar-refractivity contribution in [2.24, 2.45) is 7.05 Å². The lowest BCUT2D eigenvalue weighted by Crippen LogP contribution is -2.43. The molecule has 2 bridgehead atoms. The van der Waals surface area contributed by atoms with Crippen LogP contribution in [-0.2, 0) is 7.05 Å². The molecular formula is C18H20N6. The number of nitrogens with zero attached hydrogens (tertiary/aromatic N) is 4. The lowest BCUT2D eigenvalue weighted by atomic mass is 10.1. The summed E-state index contributed by atoms with van der Waals surface area (Å²) in [5.41, 5.74) is 4.45. The van der Waals surface area contributed by atoms with E-state index in [4.69, 9.17) is 4.98 Å². The first-order valence-corrected chi connectivity index (χ1v) is 8.40. The number of nitrogens with one attached hydrogen (secondary N) is 2. The molecule has 2 unspecified atom stereocenters. The molecule has 2 saturated heterocycles. The van der Waals surface area contributed by atoms with Gasteiger partial charge < -0.3 is 15.2 Å². The van der Waals surface area contributed by atoms with Gasteiger partial charge in [-0.1, -0.05) is 0 Å². The number of fused-ring (bicyclic) bond motifs is 2. The smallest absolute Gasteiger partial charge is 0.128 e. The average molecular weight is 320 g/mol. The number of hydrogen-bond acceptors (Lipinski definition) is 4. The van der Waals surface area contributed by atoms with Crippen LogP contribution in [0.4, 0.5) is 5.82 Å². The van der Waals surface area contributed by atoms with Crippen molar-refractivity contribution in [1.29, 1.82) is 0 Å². The molecule has 0 aliphatic carbocycles. The third-order valence-electron chi connectivity index (χ3n) is 5.13. The highest BCUT2D eigenvalue weighted by Crippen LogP contribution is 2.30. The van der Waals surface area contributed by atoms with E-state index in [0.29, 0.717) is 12.1 Å². The van der Waals surface area contributed by atoms with E-state index in [9.17, 15) is 0 Å². The normalized spacial score (nSPS) is 22.5. The zero-order valence-electron chi connectivity index (χ0n) is 13.6. The Bertz CT molecular complexity index is 862. The minimum absolute atomic E-state index is 0.609. The maximum Gasteiger partial charge on any atom is 0.128 e. The molecule has 5 heterocycles. The molecule has 6 heteroatoms. The Labute approximate surface area is 140 Å². The summed E-state index contributed by atoms with van der Waals surface area (Å²) in [5, 5.41) is 7.76. The molecule has 0 spiro atoms. The van der Waals surface area contributed by atoms with Crippen LogP contribution in [0.3, 0.4) is 0 Å². The van der Waals surface area contributed by atoms with Gasteiger partial charge in [0.15, 0.2) is 0 Å². The molecule has 0 amide bonds. The van der Waals surface area contributed by atoms with Crippen LogP contribution in [0, 0.1) is 0 Å². The van der Waals surface area contributed by atoms with Crippen LogP contribution >= 0.6 is 0 Å². The molecule has 2 N–H and O–H groups in total. The molecule has 122 valence electrons. The van der Waals surface area contributed by atoms with Gasteiger partial charge in [0.25, 0.3) is 0 Å². The van der Waals surface area contributed by atoms with Crippen molar-refractivity contribution in [3.8, 4) is 22.4 Å². The summed E-state index contributed by atoms with van der Waals surface area (Å²) in [4.78, 5) is 10.5. The first kappa shape index (κ1) is 13.8. The molecule has 0 aromatic carbocycles. The van der Waals surface area contributed by atoms with Crippen LogP contribution in [0.25, 0.3) is 22.4 Å². The molecular weight excluding hydrogens is 300 g/mol. The van der Waals surface area contributed by atoms with Gasteiger partial charge in [-0.05, 0) is 24.6 Å². The van der Waals surface area contributed by atoms with E-state index in [1.165, 1.54) is 6.42 Å². The molecule has 3 aromatic heterocycles. The number of aromatic nitrogens is 4. The van der Waals surface area contributed by atoms with E-state index < -0.39 is 0 Å². The zero-order valence-corrected chi connectivity index (χ0v) is 13.6. The van der Waals surface area contributed by atoms with Crippen molar-refractivity contribution in [2.45, 2.75) is 18.5 Å². The van der Waals surface area contributed by atoms with E-state index in [-0.39, 0.29) is 0 Å². The van der Waals surface area contributed by atoms with Crippen LogP contribution in [0.5, 0.6) is 0 Å². The van der Waals surface area contributed by atoms with Gasteiger partial charge in [0.05, 0.1) is 6.20 Å². The minimum Gasteiger partial charge on any atom is -0.360 e. The number of H-pyrrole nitrogens is 1. The second-order valence-electron chi connectivity index (χ2n) is 6.76. The van der Waals surface area contributed by atoms with Crippen molar-refractivity contribution in [2.75, 3.05) is 18.0 Å². The van der Waals surface area contributed by atoms with E-state index in [1.807, 2.05) is 36.5 Å². The minimum atomic E-state index is 0.609. The fourth-order valence-corrected chi connectivity index (χ4v) is 3.86. The SMILES string of the molecule is Cn1cc(-c2cc(-c3ccc(N4CC5CC4CN5)nc3)c[nH]2)cn1. The quantitative estimate of drug-likeness (QED) is 0.775. The number of aromatic amines is 1. The monoisotopic (exact) mass is 320 g/mol. The predicted molar refractivity (Wildman–Crippen MR) is 93.8 cm³/mol. The fourth-order valence-electron chi connectivity index (χ4n) is 3.86. The number of pyridine rings is 1. The van der Waals surface area contributed by atoms with Crippen molar-refractivity contribution < 1.29 is 0 Å². The van der Waals surface area contributed by atoms with Crippen LogP contribution in [0.2, 0.25) is 0 Å². The summed E-state index contributed by atoms with van der Waals surface area (Å²) >= 11 is 0. The molecule has 2 aliphatic heterocycles.